The molecule has 33 heavy (non-hydrogen) atoms. The molecular weight excluding hydrogens is 412 g/mol. The largest absolute Gasteiger partial charge is 0.484 e. The van der Waals surface area contributed by atoms with E-state index in [1.54, 1.807) is 0 Å². The molecular formula is C27H28N4O2. The first-order valence-corrected chi connectivity index (χ1v) is 11.4. The molecule has 6 heteroatoms. The van der Waals surface area contributed by atoms with Gasteiger partial charge in [0.25, 0.3) is 0 Å². The maximum Gasteiger partial charge on any atom is 0.234 e. The van der Waals surface area contributed by atoms with Crippen molar-refractivity contribution in [1.29, 1.82) is 0 Å². The molecule has 0 saturated carbocycles. The van der Waals surface area contributed by atoms with Gasteiger partial charge in [0.2, 0.25) is 5.91 Å². The van der Waals surface area contributed by atoms with Crippen molar-refractivity contribution in [2.45, 2.75) is 19.1 Å². The fourth-order valence-corrected chi connectivity index (χ4v) is 4.43. The molecule has 1 aromatic heterocycles. The smallest absolute Gasteiger partial charge is 0.234 e. The summed E-state index contributed by atoms with van der Waals surface area (Å²) in [6, 6.07) is 26.4. The molecule has 2 heterocycles. The lowest BCUT2D eigenvalue weighted by Gasteiger charge is -2.23. The highest BCUT2D eigenvalue weighted by atomic mass is 16.5. The number of amides is 1. The Morgan fingerprint density at radius 1 is 1.03 bits per heavy atom. The zero-order valence-electron chi connectivity index (χ0n) is 18.8. The van der Waals surface area contributed by atoms with Crippen LogP contribution in [0.4, 0.5) is 0 Å². The second-order valence-electron chi connectivity index (χ2n) is 8.47. The molecule has 6 nitrogen and oxygen atoms in total. The van der Waals surface area contributed by atoms with Crippen molar-refractivity contribution in [1.82, 2.24) is 19.8 Å². The van der Waals surface area contributed by atoms with Gasteiger partial charge in [0, 0.05) is 38.7 Å². The van der Waals surface area contributed by atoms with E-state index in [-0.39, 0.29) is 12.0 Å². The van der Waals surface area contributed by atoms with Crippen molar-refractivity contribution in [2.24, 2.45) is 7.05 Å². The van der Waals surface area contributed by atoms with Gasteiger partial charge in [0.15, 0.2) is 0 Å². The summed E-state index contributed by atoms with van der Waals surface area (Å²) in [5.41, 5.74) is 4.30. The monoisotopic (exact) mass is 440 g/mol. The Kier molecular flexibility index (Phi) is 6.09. The molecule has 0 unspecified atom stereocenters. The summed E-state index contributed by atoms with van der Waals surface area (Å²) in [6.45, 7) is 2.21. The van der Waals surface area contributed by atoms with Crippen molar-refractivity contribution in [3.63, 3.8) is 0 Å². The third-order valence-electron chi connectivity index (χ3n) is 6.15. The van der Waals surface area contributed by atoms with Gasteiger partial charge in [-0.05, 0) is 23.8 Å². The number of fused-ring (bicyclic) bond motifs is 2. The number of carbonyl (C=O) groups excluding carboxylic acids is 1. The van der Waals surface area contributed by atoms with Crippen LogP contribution in [0.1, 0.15) is 23.1 Å². The number of nitrogens with one attached hydrogen (secondary N) is 1. The Labute approximate surface area is 193 Å². The van der Waals surface area contributed by atoms with Crippen LogP contribution in [0.15, 0.2) is 78.9 Å². The van der Waals surface area contributed by atoms with Gasteiger partial charge in [0.1, 0.15) is 17.7 Å². The summed E-state index contributed by atoms with van der Waals surface area (Å²) in [7, 11) is 2.02. The molecule has 0 radical (unpaired) electrons. The van der Waals surface area contributed by atoms with Crippen molar-refractivity contribution >= 4 is 16.9 Å². The zero-order chi connectivity index (χ0) is 22.6. The average molecular weight is 441 g/mol. The lowest BCUT2D eigenvalue weighted by molar-refractivity contribution is -0.122. The summed E-state index contributed by atoms with van der Waals surface area (Å²) in [5, 5.41) is 3.07. The number of nitrogens with zero attached hydrogens (tertiary/aromatic N) is 3. The molecule has 1 N–H and O–H groups in total. The summed E-state index contributed by atoms with van der Waals surface area (Å²) in [5.74, 6) is 1.87. The zero-order valence-corrected chi connectivity index (χ0v) is 18.8. The number of ether oxygens (including phenoxy) is 1. The highest BCUT2D eigenvalue weighted by Gasteiger charge is 2.25. The van der Waals surface area contributed by atoms with E-state index in [2.05, 4.69) is 39.0 Å². The maximum absolute atomic E-state index is 12.8. The van der Waals surface area contributed by atoms with Crippen LogP contribution >= 0.6 is 0 Å². The predicted molar refractivity (Wildman–Crippen MR) is 129 cm³/mol. The Balaban J connectivity index is 1.23. The minimum atomic E-state index is -0.123. The van der Waals surface area contributed by atoms with Crippen LogP contribution in [-0.4, -0.2) is 40.0 Å². The highest BCUT2D eigenvalue weighted by Crippen LogP contribution is 2.30. The number of hydrogen-bond acceptors (Lipinski definition) is 4. The minimum absolute atomic E-state index is 0.0138. The van der Waals surface area contributed by atoms with Gasteiger partial charge in [-0.3, -0.25) is 9.69 Å². The normalized spacial score (nSPS) is 16.1. The molecule has 0 saturated heterocycles. The molecule has 1 amide bonds. The molecule has 0 fully saturated rings. The molecule has 0 bridgehead atoms. The van der Waals surface area contributed by atoms with Crippen molar-refractivity contribution < 1.29 is 9.53 Å². The van der Waals surface area contributed by atoms with Gasteiger partial charge < -0.3 is 14.6 Å². The SMILES string of the molecule is Cn1c(CCNC(=O)CN2Cc3ccccc3O[C@H](c3ccccc3)C2)nc2ccccc21. The second-order valence-corrected chi connectivity index (χ2v) is 8.47. The van der Waals surface area contributed by atoms with Gasteiger partial charge >= 0.3 is 0 Å². The van der Waals surface area contributed by atoms with Crippen LogP contribution in [0.25, 0.3) is 11.0 Å². The number of para-hydroxylation sites is 3. The van der Waals surface area contributed by atoms with E-state index in [1.165, 1.54) is 0 Å². The quantitative estimate of drug-likeness (QED) is 0.495. The third kappa shape index (κ3) is 4.76. The first kappa shape index (κ1) is 21.2. The molecule has 1 atom stereocenters. The molecule has 0 spiro atoms. The van der Waals surface area contributed by atoms with E-state index < -0.39 is 0 Å². The fraction of sp³-hybridized carbons (Fsp3) is 0.259. The van der Waals surface area contributed by atoms with Crippen LogP contribution in [0.3, 0.4) is 0 Å². The number of imidazole rings is 1. The van der Waals surface area contributed by atoms with Gasteiger partial charge in [-0.15, -0.1) is 0 Å². The number of aromatic nitrogens is 2. The van der Waals surface area contributed by atoms with E-state index in [0.29, 0.717) is 32.6 Å². The fourth-order valence-electron chi connectivity index (χ4n) is 4.43. The molecule has 5 rings (SSSR count). The van der Waals surface area contributed by atoms with E-state index in [0.717, 1.165) is 33.7 Å². The molecule has 3 aromatic carbocycles. The summed E-state index contributed by atoms with van der Waals surface area (Å²) >= 11 is 0. The van der Waals surface area contributed by atoms with Crippen molar-refractivity contribution in [2.75, 3.05) is 19.6 Å². The van der Waals surface area contributed by atoms with Crippen LogP contribution in [0, 0.1) is 0 Å². The van der Waals surface area contributed by atoms with E-state index in [9.17, 15) is 4.79 Å². The van der Waals surface area contributed by atoms with Crippen molar-refractivity contribution in [3.05, 3.63) is 95.8 Å². The van der Waals surface area contributed by atoms with Crippen LogP contribution < -0.4 is 10.1 Å². The van der Waals surface area contributed by atoms with Gasteiger partial charge in [-0.25, -0.2) is 4.98 Å². The molecule has 0 aliphatic carbocycles. The Morgan fingerprint density at radius 2 is 1.79 bits per heavy atom. The summed E-state index contributed by atoms with van der Waals surface area (Å²) in [6.07, 6.45) is 0.567. The predicted octanol–water partition coefficient (Wildman–Crippen LogP) is 3.87. The topological polar surface area (TPSA) is 59.4 Å². The Hall–Kier alpha value is -3.64. The summed E-state index contributed by atoms with van der Waals surface area (Å²) < 4.78 is 8.44. The van der Waals surface area contributed by atoms with E-state index >= 15 is 0 Å². The first-order chi connectivity index (χ1) is 16.2. The first-order valence-electron chi connectivity index (χ1n) is 11.4. The molecule has 168 valence electrons. The van der Waals surface area contributed by atoms with Crippen molar-refractivity contribution in [3.8, 4) is 5.75 Å². The average Bonchev–Trinajstić information content (AvgIpc) is 3.04. The number of aryl methyl sites for hydroxylation is 1. The van der Waals surface area contributed by atoms with Crippen LogP contribution in [0.2, 0.25) is 0 Å². The summed E-state index contributed by atoms with van der Waals surface area (Å²) in [4.78, 5) is 19.7. The van der Waals surface area contributed by atoms with E-state index in [4.69, 9.17) is 9.72 Å². The third-order valence-corrected chi connectivity index (χ3v) is 6.15. The van der Waals surface area contributed by atoms with Crippen LogP contribution in [-0.2, 0) is 24.8 Å². The Morgan fingerprint density at radius 3 is 2.64 bits per heavy atom. The number of benzene rings is 3. The number of hydrogen-bond donors (Lipinski definition) is 1. The van der Waals surface area contributed by atoms with Gasteiger partial charge in [0.05, 0.1) is 17.6 Å². The van der Waals surface area contributed by atoms with Crippen LogP contribution in [0.5, 0.6) is 5.75 Å². The lowest BCUT2D eigenvalue weighted by atomic mass is 10.1. The molecule has 1 aliphatic heterocycles. The van der Waals surface area contributed by atoms with Gasteiger partial charge in [-0.2, -0.15) is 0 Å². The van der Waals surface area contributed by atoms with Gasteiger partial charge in [-0.1, -0.05) is 60.7 Å². The lowest BCUT2D eigenvalue weighted by Crippen LogP contribution is -2.39. The molecule has 1 aliphatic rings. The maximum atomic E-state index is 12.8. The second kappa shape index (κ2) is 9.46. The van der Waals surface area contributed by atoms with E-state index in [1.807, 2.05) is 61.6 Å². The minimum Gasteiger partial charge on any atom is -0.484 e. The Bertz CT molecular complexity index is 1250. The number of carbonyl (C=O) groups is 1. The standard InChI is InChI=1S/C27H28N4O2/c1-30-23-13-7-6-12-22(23)29-26(30)15-16-28-27(32)19-31-17-21-11-5-8-14-24(21)33-25(18-31)20-9-3-2-4-10-20/h2-14,25H,15-19H2,1H3,(H,28,32)/t25-/m0/s1. The molecule has 4 aromatic rings. The number of rotatable bonds is 6. The highest BCUT2D eigenvalue weighted by molar-refractivity contribution is 5.78.